The van der Waals surface area contributed by atoms with Gasteiger partial charge in [0.2, 0.25) is 0 Å². The maximum absolute atomic E-state index is 4.31. The Morgan fingerprint density at radius 3 is 2.53 bits per heavy atom. The standard InChI is InChI=1S/C14H26N4S/c1-11(2)8-15-9-13-6-7-14(17-16-13)18(4)12(3)10-19-5/h6-7,11-12,15H,8-10H2,1-5H3. The second-order valence-electron chi connectivity index (χ2n) is 5.32. The summed E-state index contributed by atoms with van der Waals surface area (Å²) in [5.74, 6) is 2.69. The number of nitrogens with zero attached hydrogens (tertiary/aromatic N) is 3. The van der Waals surface area contributed by atoms with Gasteiger partial charge in [-0.25, -0.2) is 0 Å². The minimum absolute atomic E-state index is 0.467. The first kappa shape index (κ1) is 16.2. The van der Waals surface area contributed by atoms with Crippen LogP contribution in [-0.2, 0) is 6.54 Å². The fraction of sp³-hybridized carbons (Fsp3) is 0.714. The maximum Gasteiger partial charge on any atom is 0.151 e. The van der Waals surface area contributed by atoms with Gasteiger partial charge in [0.1, 0.15) is 0 Å². The monoisotopic (exact) mass is 282 g/mol. The fourth-order valence-electron chi connectivity index (χ4n) is 1.70. The van der Waals surface area contributed by atoms with E-state index in [1.54, 1.807) is 0 Å². The number of anilines is 1. The van der Waals surface area contributed by atoms with Gasteiger partial charge in [0.15, 0.2) is 5.82 Å². The summed E-state index contributed by atoms with van der Waals surface area (Å²) < 4.78 is 0. The lowest BCUT2D eigenvalue weighted by Gasteiger charge is -2.24. The predicted molar refractivity (Wildman–Crippen MR) is 84.8 cm³/mol. The summed E-state index contributed by atoms with van der Waals surface area (Å²) in [6.45, 7) is 8.40. The van der Waals surface area contributed by atoms with Crippen molar-refractivity contribution in [1.29, 1.82) is 0 Å². The number of hydrogen-bond donors (Lipinski definition) is 1. The van der Waals surface area contributed by atoms with Crippen LogP contribution in [0.3, 0.4) is 0 Å². The van der Waals surface area contributed by atoms with Crippen molar-refractivity contribution in [2.24, 2.45) is 5.92 Å². The molecule has 0 bridgehead atoms. The molecule has 0 aliphatic rings. The van der Waals surface area contributed by atoms with E-state index >= 15 is 0 Å². The molecule has 0 aromatic carbocycles. The van der Waals surface area contributed by atoms with E-state index in [2.05, 4.69) is 66.6 Å². The molecular formula is C14H26N4S. The van der Waals surface area contributed by atoms with Gasteiger partial charge >= 0.3 is 0 Å². The first-order valence-corrected chi connectivity index (χ1v) is 8.19. The Balaban J connectivity index is 2.51. The molecule has 0 saturated heterocycles. The Morgan fingerprint density at radius 1 is 1.26 bits per heavy atom. The molecule has 1 atom stereocenters. The van der Waals surface area contributed by atoms with Crippen LogP contribution in [0.25, 0.3) is 0 Å². The van der Waals surface area contributed by atoms with Crippen LogP contribution in [0, 0.1) is 5.92 Å². The number of rotatable bonds is 8. The maximum atomic E-state index is 4.31. The lowest BCUT2D eigenvalue weighted by Crippen LogP contribution is -2.31. The molecule has 0 aliphatic heterocycles. The summed E-state index contributed by atoms with van der Waals surface area (Å²) in [7, 11) is 2.07. The molecule has 0 spiro atoms. The molecule has 5 heteroatoms. The van der Waals surface area contributed by atoms with E-state index in [1.165, 1.54) is 0 Å². The molecule has 19 heavy (non-hydrogen) atoms. The van der Waals surface area contributed by atoms with E-state index < -0.39 is 0 Å². The van der Waals surface area contributed by atoms with Crippen LogP contribution in [0.4, 0.5) is 5.82 Å². The second-order valence-corrected chi connectivity index (χ2v) is 6.23. The van der Waals surface area contributed by atoms with E-state index in [1.807, 2.05) is 11.8 Å². The van der Waals surface area contributed by atoms with E-state index in [9.17, 15) is 0 Å². The second kappa shape index (κ2) is 8.38. The molecule has 1 unspecified atom stereocenters. The number of thioether (sulfide) groups is 1. The summed E-state index contributed by atoms with van der Waals surface area (Å²) in [6, 6.07) is 4.57. The van der Waals surface area contributed by atoms with E-state index in [0.29, 0.717) is 12.0 Å². The molecule has 0 radical (unpaired) electrons. The van der Waals surface area contributed by atoms with Gasteiger partial charge in [0.05, 0.1) is 5.69 Å². The average Bonchev–Trinajstić information content (AvgIpc) is 2.38. The zero-order chi connectivity index (χ0) is 14.3. The van der Waals surface area contributed by atoms with Crippen molar-refractivity contribution in [3.63, 3.8) is 0 Å². The van der Waals surface area contributed by atoms with E-state index in [0.717, 1.165) is 30.4 Å². The van der Waals surface area contributed by atoms with Crippen LogP contribution >= 0.6 is 11.8 Å². The Morgan fingerprint density at radius 2 is 2.00 bits per heavy atom. The van der Waals surface area contributed by atoms with Crippen molar-refractivity contribution in [3.05, 3.63) is 17.8 Å². The third kappa shape index (κ3) is 5.78. The third-order valence-electron chi connectivity index (χ3n) is 2.99. The summed E-state index contributed by atoms with van der Waals surface area (Å²) in [4.78, 5) is 2.18. The molecule has 1 heterocycles. The van der Waals surface area contributed by atoms with Crippen molar-refractivity contribution in [2.75, 3.05) is 30.5 Å². The Kier molecular flexibility index (Phi) is 7.16. The predicted octanol–water partition coefficient (Wildman–Crippen LogP) is 2.41. The highest BCUT2D eigenvalue weighted by atomic mass is 32.2. The van der Waals surface area contributed by atoms with Crippen LogP contribution in [0.1, 0.15) is 26.5 Å². The van der Waals surface area contributed by atoms with Gasteiger partial charge in [-0.15, -0.1) is 5.10 Å². The summed E-state index contributed by atoms with van der Waals surface area (Å²) in [6.07, 6.45) is 2.12. The molecule has 0 saturated carbocycles. The van der Waals surface area contributed by atoms with Crippen molar-refractivity contribution < 1.29 is 0 Å². The zero-order valence-corrected chi connectivity index (χ0v) is 13.5. The number of hydrogen-bond acceptors (Lipinski definition) is 5. The van der Waals surface area contributed by atoms with Crippen LogP contribution in [0.2, 0.25) is 0 Å². The van der Waals surface area contributed by atoms with Gasteiger partial charge in [-0.2, -0.15) is 16.9 Å². The Bertz CT molecular complexity index is 353. The van der Waals surface area contributed by atoms with Crippen molar-refractivity contribution in [1.82, 2.24) is 15.5 Å². The molecular weight excluding hydrogens is 256 g/mol. The summed E-state index contributed by atoms with van der Waals surface area (Å²) >= 11 is 1.85. The molecule has 1 rings (SSSR count). The number of aromatic nitrogens is 2. The highest BCUT2D eigenvalue weighted by molar-refractivity contribution is 7.98. The Hall–Kier alpha value is -0.810. The topological polar surface area (TPSA) is 41.0 Å². The van der Waals surface area contributed by atoms with Gasteiger partial charge < -0.3 is 10.2 Å². The molecule has 1 aromatic rings. The molecule has 0 fully saturated rings. The zero-order valence-electron chi connectivity index (χ0n) is 12.7. The normalized spacial score (nSPS) is 12.7. The molecule has 4 nitrogen and oxygen atoms in total. The van der Waals surface area contributed by atoms with Gasteiger partial charge in [-0.1, -0.05) is 13.8 Å². The van der Waals surface area contributed by atoms with E-state index in [-0.39, 0.29) is 0 Å². The highest BCUT2D eigenvalue weighted by Gasteiger charge is 2.10. The fourth-order valence-corrected chi connectivity index (χ4v) is 2.41. The number of nitrogens with one attached hydrogen (secondary N) is 1. The van der Waals surface area contributed by atoms with Gasteiger partial charge in [-0.3, -0.25) is 0 Å². The SMILES string of the molecule is CSCC(C)N(C)c1ccc(CNCC(C)C)nn1. The first-order valence-electron chi connectivity index (χ1n) is 6.79. The molecule has 0 amide bonds. The minimum Gasteiger partial charge on any atom is -0.355 e. The van der Waals surface area contributed by atoms with Crippen LogP contribution in [-0.4, -0.2) is 41.8 Å². The lowest BCUT2D eigenvalue weighted by molar-refractivity contribution is 0.546. The largest absolute Gasteiger partial charge is 0.355 e. The Labute approximate surface area is 121 Å². The highest BCUT2D eigenvalue weighted by Crippen LogP contribution is 2.13. The first-order chi connectivity index (χ1) is 9.04. The summed E-state index contributed by atoms with van der Waals surface area (Å²) in [5, 5.41) is 12.0. The van der Waals surface area contributed by atoms with Crippen molar-refractivity contribution >= 4 is 17.6 Å². The van der Waals surface area contributed by atoms with Gasteiger partial charge in [-0.05, 0) is 37.8 Å². The molecule has 0 aliphatic carbocycles. The third-order valence-corrected chi connectivity index (χ3v) is 3.81. The minimum atomic E-state index is 0.467. The van der Waals surface area contributed by atoms with E-state index in [4.69, 9.17) is 0 Å². The molecule has 108 valence electrons. The quantitative estimate of drug-likeness (QED) is 0.793. The van der Waals surface area contributed by atoms with Crippen LogP contribution in [0.15, 0.2) is 12.1 Å². The van der Waals surface area contributed by atoms with Crippen LogP contribution in [0.5, 0.6) is 0 Å². The van der Waals surface area contributed by atoms with Gasteiger partial charge in [0.25, 0.3) is 0 Å². The average molecular weight is 282 g/mol. The van der Waals surface area contributed by atoms with Crippen molar-refractivity contribution in [3.8, 4) is 0 Å². The smallest absolute Gasteiger partial charge is 0.151 e. The molecule has 1 N–H and O–H groups in total. The van der Waals surface area contributed by atoms with Gasteiger partial charge in [0, 0.05) is 25.4 Å². The lowest BCUT2D eigenvalue weighted by atomic mass is 10.2. The van der Waals surface area contributed by atoms with Crippen LogP contribution < -0.4 is 10.2 Å². The van der Waals surface area contributed by atoms with Crippen molar-refractivity contribution in [2.45, 2.75) is 33.4 Å². The summed E-state index contributed by atoms with van der Waals surface area (Å²) in [5.41, 5.74) is 0.996. The molecule has 1 aromatic heterocycles.